The van der Waals surface area contributed by atoms with Crippen molar-refractivity contribution in [2.75, 3.05) is 0 Å². The van der Waals surface area contributed by atoms with Crippen LogP contribution in [0.1, 0.15) is 19.4 Å². The van der Waals surface area contributed by atoms with Crippen LogP contribution in [-0.4, -0.2) is 5.25 Å². The molecule has 0 spiro atoms. The van der Waals surface area contributed by atoms with E-state index < -0.39 is 0 Å². The van der Waals surface area contributed by atoms with Gasteiger partial charge in [0.2, 0.25) is 0 Å². The molecule has 0 amide bonds. The molecule has 0 fully saturated rings. The van der Waals surface area contributed by atoms with Crippen molar-refractivity contribution in [2.24, 2.45) is 0 Å². The Hall–Kier alpha value is -0.580. The fourth-order valence-electron chi connectivity index (χ4n) is 0.997. The Morgan fingerprint density at radius 3 is 2.69 bits per heavy atom. The lowest BCUT2D eigenvalue weighted by Crippen LogP contribution is -1.89. The summed E-state index contributed by atoms with van der Waals surface area (Å²) in [7, 11) is 0. The first-order chi connectivity index (χ1) is 6.15. The molecule has 1 aromatic rings. The van der Waals surface area contributed by atoms with Crippen molar-refractivity contribution in [1.29, 1.82) is 0 Å². The number of hydrogen-bond acceptors (Lipinski definition) is 1. The third-order valence-electron chi connectivity index (χ3n) is 1.48. The van der Waals surface area contributed by atoms with Gasteiger partial charge >= 0.3 is 0 Å². The van der Waals surface area contributed by atoms with E-state index >= 15 is 0 Å². The Balaban J connectivity index is 3.07. The Morgan fingerprint density at radius 1 is 1.46 bits per heavy atom. The molecule has 0 atom stereocenters. The number of halogens is 1. The average molecular weight is 211 g/mol. The highest BCUT2D eigenvalue weighted by atomic mass is 35.5. The maximum atomic E-state index is 5.96. The van der Waals surface area contributed by atoms with Crippen LogP contribution >= 0.6 is 23.4 Å². The minimum atomic E-state index is 0.519. The van der Waals surface area contributed by atoms with Crippen molar-refractivity contribution >= 4 is 23.4 Å². The number of thioether (sulfide) groups is 1. The second-order valence-electron chi connectivity index (χ2n) is 2.92. The highest BCUT2D eigenvalue weighted by Crippen LogP contribution is 2.30. The van der Waals surface area contributed by atoms with Crippen LogP contribution in [0.25, 0.3) is 0 Å². The van der Waals surface area contributed by atoms with Crippen LogP contribution in [0.3, 0.4) is 0 Å². The molecule has 0 heterocycles. The van der Waals surface area contributed by atoms with E-state index in [0.29, 0.717) is 10.3 Å². The first-order valence-electron chi connectivity index (χ1n) is 4.07. The van der Waals surface area contributed by atoms with E-state index in [9.17, 15) is 0 Å². The first kappa shape index (κ1) is 10.5. The highest BCUT2D eigenvalue weighted by Gasteiger charge is 2.06. The van der Waals surface area contributed by atoms with Crippen molar-refractivity contribution in [3.05, 3.63) is 28.8 Å². The third-order valence-corrected chi connectivity index (χ3v) is 2.86. The van der Waals surface area contributed by atoms with Crippen LogP contribution in [0.5, 0.6) is 0 Å². The Morgan fingerprint density at radius 2 is 2.15 bits per heavy atom. The van der Waals surface area contributed by atoms with E-state index in [2.05, 4.69) is 19.8 Å². The minimum Gasteiger partial charge on any atom is -0.122 e. The van der Waals surface area contributed by atoms with Gasteiger partial charge in [0.15, 0.2) is 0 Å². The molecular weight excluding hydrogens is 200 g/mol. The van der Waals surface area contributed by atoms with Gasteiger partial charge in [-0.3, -0.25) is 0 Å². The number of benzene rings is 1. The molecule has 0 aliphatic heterocycles. The lowest BCUT2D eigenvalue weighted by molar-refractivity contribution is 1.11. The molecule has 0 bridgehead atoms. The average Bonchev–Trinajstić information content (AvgIpc) is 2.03. The summed E-state index contributed by atoms with van der Waals surface area (Å²) in [5.41, 5.74) is 0.808. The third kappa shape index (κ3) is 2.69. The maximum absolute atomic E-state index is 5.96. The standard InChI is InChI=1S/C11H11ClS/c1-4-9-10(12)6-5-7-11(9)13-8(2)3/h1,5-8H,2-3H3. The fraction of sp³-hybridized carbons (Fsp3) is 0.273. The molecule has 2 heteroatoms. The van der Waals surface area contributed by atoms with Crippen molar-refractivity contribution in [3.8, 4) is 12.3 Å². The van der Waals surface area contributed by atoms with Crippen LogP contribution in [0.2, 0.25) is 5.02 Å². The van der Waals surface area contributed by atoms with Gasteiger partial charge in [0.05, 0.1) is 10.6 Å². The van der Waals surface area contributed by atoms with Crippen molar-refractivity contribution in [2.45, 2.75) is 24.0 Å². The molecule has 0 saturated heterocycles. The molecule has 13 heavy (non-hydrogen) atoms. The summed E-state index contributed by atoms with van der Waals surface area (Å²) >= 11 is 7.69. The normalized spacial score (nSPS) is 10.1. The molecule has 68 valence electrons. The van der Waals surface area contributed by atoms with Crippen LogP contribution in [0.15, 0.2) is 23.1 Å². The Bertz CT molecular complexity index is 336. The second-order valence-corrected chi connectivity index (χ2v) is 4.95. The molecule has 0 saturated carbocycles. The van der Waals surface area contributed by atoms with Crippen molar-refractivity contribution < 1.29 is 0 Å². The van der Waals surface area contributed by atoms with Crippen molar-refractivity contribution in [3.63, 3.8) is 0 Å². The summed E-state index contributed by atoms with van der Waals surface area (Å²) in [6, 6.07) is 5.75. The number of terminal acetylenes is 1. The van der Waals surface area contributed by atoms with E-state index in [1.54, 1.807) is 11.8 Å². The molecule has 0 aliphatic rings. The molecule has 0 aromatic heterocycles. The van der Waals surface area contributed by atoms with Gasteiger partial charge in [-0.25, -0.2) is 0 Å². The van der Waals surface area contributed by atoms with E-state index in [1.165, 1.54) is 0 Å². The molecule has 0 radical (unpaired) electrons. The largest absolute Gasteiger partial charge is 0.122 e. The maximum Gasteiger partial charge on any atom is 0.0573 e. The fourth-order valence-corrected chi connectivity index (χ4v) is 2.23. The molecule has 0 N–H and O–H groups in total. The molecule has 1 aromatic carbocycles. The highest BCUT2D eigenvalue weighted by molar-refractivity contribution is 8.00. The predicted molar refractivity (Wildman–Crippen MR) is 60.4 cm³/mol. The van der Waals surface area contributed by atoms with Gasteiger partial charge < -0.3 is 0 Å². The summed E-state index contributed by atoms with van der Waals surface area (Å²) in [4.78, 5) is 1.09. The summed E-state index contributed by atoms with van der Waals surface area (Å²) < 4.78 is 0. The van der Waals surface area contributed by atoms with E-state index in [1.807, 2.05) is 18.2 Å². The molecule has 1 rings (SSSR count). The Kier molecular flexibility index (Phi) is 3.71. The van der Waals surface area contributed by atoms with E-state index in [0.717, 1.165) is 10.5 Å². The van der Waals surface area contributed by atoms with Gasteiger partial charge in [0.25, 0.3) is 0 Å². The second kappa shape index (κ2) is 4.60. The van der Waals surface area contributed by atoms with Crippen LogP contribution < -0.4 is 0 Å². The summed E-state index contributed by atoms with van der Waals surface area (Å²) in [5, 5.41) is 1.18. The molecule has 0 aliphatic carbocycles. The zero-order valence-electron chi connectivity index (χ0n) is 7.67. The number of rotatable bonds is 2. The monoisotopic (exact) mass is 210 g/mol. The summed E-state index contributed by atoms with van der Waals surface area (Å²) in [5.74, 6) is 2.62. The SMILES string of the molecule is C#Cc1c(Cl)cccc1SC(C)C. The summed E-state index contributed by atoms with van der Waals surface area (Å²) in [6.45, 7) is 4.26. The van der Waals surface area contributed by atoms with Gasteiger partial charge in [0, 0.05) is 10.1 Å². The van der Waals surface area contributed by atoms with Crippen LogP contribution in [0.4, 0.5) is 0 Å². The smallest absolute Gasteiger partial charge is 0.0573 e. The van der Waals surface area contributed by atoms with Crippen molar-refractivity contribution in [1.82, 2.24) is 0 Å². The minimum absolute atomic E-state index is 0.519. The molecular formula is C11H11ClS. The zero-order valence-corrected chi connectivity index (χ0v) is 9.25. The zero-order chi connectivity index (χ0) is 9.84. The topological polar surface area (TPSA) is 0 Å². The molecule has 0 unspecified atom stereocenters. The summed E-state index contributed by atoms with van der Waals surface area (Å²) in [6.07, 6.45) is 5.38. The first-order valence-corrected chi connectivity index (χ1v) is 5.32. The predicted octanol–water partition coefficient (Wildman–Crippen LogP) is 3.82. The lowest BCUT2D eigenvalue weighted by Gasteiger charge is -2.07. The van der Waals surface area contributed by atoms with Gasteiger partial charge in [-0.05, 0) is 12.1 Å². The quantitative estimate of drug-likeness (QED) is 0.528. The Labute approximate surface area is 88.7 Å². The van der Waals surface area contributed by atoms with Gasteiger partial charge in [-0.2, -0.15) is 0 Å². The van der Waals surface area contributed by atoms with Crippen LogP contribution in [0, 0.1) is 12.3 Å². The van der Waals surface area contributed by atoms with Gasteiger partial charge in [-0.1, -0.05) is 37.4 Å². The lowest BCUT2D eigenvalue weighted by atomic mass is 10.2. The number of hydrogen-bond donors (Lipinski definition) is 0. The molecule has 0 nitrogen and oxygen atoms in total. The van der Waals surface area contributed by atoms with Gasteiger partial charge in [0.1, 0.15) is 0 Å². The van der Waals surface area contributed by atoms with Gasteiger partial charge in [-0.15, -0.1) is 18.2 Å². The van der Waals surface area contributed by atoms with Crippen LogP contribution in [-0.2, 0) is 0 Å². The van der Waals surface area contributed by atoms with E-state index in [-0.39, 0.29) is 0 Å². The van der Waals surface area contributed by atoms with E-state index in [4.69, 9.17) is 18.0 Å².